The maximum absolute atomic E-state index is 4.37. The van der Waals surface area contributed by atoms with Gasteiger partial charge in [0.05, 0.1) is 36.2 Å². The molecule has 0 saturated heterocycles. The maximum atomic E-state index is 4.37. The molecular weight excluding hydrogens is 276 g/mol. The van der Waals surface area contributed by atoms with Gasteiger partial charge in [-0.05, 0) is 24.3 Å². The van der Waals surface area contributed by atoms with E-state index < -0.39 is 0 Å². The van der Waals surface area contributed by atoms with Crippen LogP contribution in [0.3, 0.4) is 0 Å². The highest BCUT2D eigenvalue weighted by Gasteiger charge is 2.07. The van der Waals surface area contributed by atoms with E-state index in [0.29, 0.717) is 0 Å². The predicted molar refractivity (Wildman–Crippen MR) is 81.7 cm³/mol. The third-order valence-electron chi connectivity index (χ3n) is 3.32. The molecule has 0 fully saturated rings. The predicted octanol–water partition coefficient (Wildman–Crippen LogP) is 2.52. The summed E-state index contributed by atoms with van der Waals surface area (Å²) in [5.41, 5.74) is 3.85. The molecule has 0 saturated carbocycles. The van der Waals surface area contributed by atoms with Crippen LogP contribution in [-0.4, -0.2) is 29.5 Å². The Morgan fingerprint density at radius 3 is 1.55 bits per heavy atom. The van der Waals surface area contributed by atoms with Crippen molar-refractivity contribution < 1.29 is 0 Å². The first-order valence-corrected chi connectivity index (χ1v) is 6.81. The van der Waals surface area contributed by atoms with Gasteiger partial charge in [0.25, 0.3) is 0 Å². The number of pyridine rings is 2. The summed E-state index contributed by atoms with van der Waals surface area (Å²) in [6, 6.07) is 7.69. The van der Waals surface area contributed by atoms with Crippen molar-refractivity contribution in [2.45, 2.75) is 0 Å². The van der Waals surface area contributed by atoms with Gasteiger partial charge in [-0.25, -0.2) is 9.36 Å². The molecule has 4 rings (SSSR count). The van der Waals surface area contributed by atoms with Crippen LogP contribution in [0.25, 0.3) is 22.5 Å². The van der Waals surface area contributed by atoms with Crippen LogP contribution < -0.4 is 0 Å². The average molecular weight is 288 g/mol. The molecule has 0 spiro atoms. The van der Waals surface area contributed by atoms with Crippen molar-refractivity contribution in [1.29, 1.82) is 0 Å². The van der Waals surface area contributed by atoms with Gasteiger partial charge in [-0.15, -0.1) is 0 Å². The lowest BCUT2D eigenvalue weighted by atomic mass is 10.2. The van der Waals surface area contributed by atoms with Crippen LogP contribution in [0.4, 0.5) is 0 Å². The molecule has 0 aromatic carbocycles. The molecule has 0 aliphatic heterocycles. The van der Waals surface area contributed by atoms with E-state index in [4.69, 9.17) is 0 Å². The Morgan fingerprint density at radius 1 is 0.636 bits per heavy atom. The molecule has 0 aliphatic carbocycles. The van der Waals surface area contributed by atoms with E-state index in [1.54, 1.807) is 34.2 Å². The smallest absolute Gasteiger partial charge is 0.0828 e. The molecule has 6 nitrogen and oxygen atoms in total. The molecule has 0 amide bonds. The van der Waals surface area contributed by atoms with Crippen LogP contribution in [0.15, 0.2) is 73.8 Å². The second-order valence-electron chi connectivity index (χ2n) is 4.77. The van der Waals surface area contributed by atoms with Crippen molar-refractivity contribution >= 4 is 0 Å². The van der Waals surface area contributed by atoms with Crippen LogP contribution in [0.2, 0.25) is 0 Å². The normalized spacial score (nSPS) is 10.7. The first-order valence-electron chi connectivity index (χ1n) is 6.81. The van der Waals surface area contributed by atoms with E-state index in [2.05, 4.69) is 20.2 Å². The van der Waals surface area contributed by atoms with Crippen LogP contribution in [-0.2, 0) is 0 Å². The first-order chi connectivity index (χ1) is 10.9. The van der Waals surface area contributed by atoms with Crippen LogP contribution in [0.5, 0.6) is 0 Å². The van der Waals surface area contributed by atoms with E-state index in [9.17, 15) is 0 Å². The molecule has 4 aromatic heterocycles. The average Bonchev–Trinajstić information content (AvgIpc) is 3.26. The highest BCUT2D eigenvalue weighted by Crippen LogP contribution is 2.20. The molecule has 0 atom stereocenters. The summed E-state index contributed by atoms with van der Waals surface area (Å²) in [7, 11) is 0. The van der Waals surface area contributed by atoms with Crippen molar-refractivity contribution in [3.63, 3.8) is 0 Å². The second kappa shape index (κ2) is 5.25. The monoisotopic (exact) mass is 288 g/mol. The molecule has 0 aliphatic rings. The molecule has 4 heterocycles. The number of aromatic nitrogens is 6. The fourth-order valence-corrected chi connectivity index (χ4v) is 2.20. The van der Waals surface area contributed by atoms with E-state index in [-0.39, 0.29) is 0 Å². The van der Waals surface area contributed by atoms with Crippen molar-refractivity contribution in [1.82, 2.24) is 29.5 Å². The molecule has 4 aromatic rings. The molecule has 106 valence electrons. The topological polar surface area (TPSA) is 61.4 Å². The summed E-state index contributed by atoms with van der Waals surface area (Å²) in [4.78, 5) is 8.21. The van der Waals surface area contributed by atoms with Gasteiger partial charge in [0.1, 0.15) is 0 Å². The highest BCUT2D eigenvalue weighted by atomic mass is 15.3. The lowest BCUT2D eigenvalue weighted by Crippen LogP contribution is -1.93. The minimum absolute atomic E-state index is 0.924. The molecule has 6 heteroatoms. The Bertz CT molecular complexity index is 803. The van der Waals surface area contributed by atoms with Crippen molar-refractivity contribution in [2.24, 2.45) is 0 Å². The van der Waals surface area contributed by atoms with E-state index in [1.807, 2.05) is 49.1 Å². The zero-order chi connectivity index (χ0) is 14.8. The summed E-state index contributed by atoms with van der Waals surface area (Å²) >= 11 is 0. The van der Waals surface area contributed by atoms with Gasteiger partial charge >= 0.3 is 0 Å². The largest absolute Gasteiger partial charge is 0.262 e. The van der Waals surface area contributed by atoms with Crippen LogP contribution >= 0.6 is 0 Å². The molecule has 0 bridgehead atoms. The van der Waals surface area contributed by atoms with Crippen molar-refractivity contribution in [3.05, 3.63) is 73.8 Å². The third kappa shape index (κ3) is 2.26. The lowest BCUT2D eigenvalue weighted by molar-refractivity contribution is 0.873. The SMILES string of the molecule is c1cncc(-n2cc(-c3cnn(-c4cccnc4)c3)cn2)c1. The standard InChI is InChI=1S/C16H12N6/c1-3-15(9-17-5-1)21-11-13(7-19-21)14-8-20-22(12-14)16-4-2-6-18-10-16/h1-12H. The second-order valence-corrected chi connectivity index (χ2v) is 4.77. The first kappa shape index (κ1) is 12.5. The summed E-state index contributed by atoms with van der Waals surface area (Å²) in [6.45, 7) is 0. The Morgan fingerprint density at radius 2 is 1.14 bits per heavy atom. The van der Waals surface area contributed by atoms with Gasteiger partial charge in [-0.3, -0.25) is 9.97 Å². The summed E-state index contributed by atoms with van der Waals surface area (Å²) in [6.07, 6.45) is 14.6. The number of nitrogens with zero attached hydrogens (tertiary/aromatic N) is 6. The van der Waals surface area contributed by atoms with E-state index in [1.165, 1.54) is 0 Å². The van der Waals surface area contributed by atoms with Crippen molar-refractivity contribution in [3.8, 4) is 22.5 Å². The van der Waals surface area contributed by atoms with Crippen molar-refractivity contribution in [2.75, 3.05) is 0 Å². The summed E-state index contributed by atoms with van der Waals surface area (Å²) < 4.78 is 3.59. The number of hydrogen-bond acceptors (Lipinski definition) is 4. The molecule has 22 heavy (non-hydrogen) atoms. The van der Waals surface area contributed by atoms with Gasteiger partial charge in [0.15, 0.2) is 0 Å². The quantitative estimate of drug-likeness (QED) is 0.581. The summed E-state index contributed by atoms with van der Waals surface area (Å²) in [5.74, 6) is 0. The van der Waals surface area contributed by atoms with Crippen LogP contribution in [0.1, 0.15) is 0 Å². The fourth-order valence-electron chi connectivity index (χ4n) is 2.20. The minimum atomic E-state index is 0.924. The van der Waals surface area contributed by atoms with Gasteiger partial charge < -0.3 is 0 Å². The lowest BCUT2D eigenvalue weighted by Gasteiger charge is -1.98. The molecular formula is C16H12N6. The number of rotatable bonds is 3. The number of hydrogen-bond donors (Lipinski definition) is 0. The summed E-state index contributed by atoms with van der Waals surface area (Å²) in [5, 5.41) is 8.74. The third-order valence-corrected chi connectivity index (χ3v) is 3.32. The molecule has 0 radical (unpaired) electrons. The Labute approximate surface area is 126 Å². The Balaban J connectivity index is 1.66. The Kier molecular flexibility index (Phi) is 2.97. The molecule has 0 unspecified atom stereocenters. The minimum Gasteiger partial charge on any atom is -0.262 e. The maximum Gasteiger partial charge on any atom is 0.0828 e. The van der Waals surface area contributed by atoms with Gasteiger partial charge in [-0.1, -0.05) is 0 Å². The zero-order valence-corrected chi connectivity index (χ0v) is 11.6. The zero-order valence-electron chi connectivity index (χ0n) is 11.6. The van der Waals surface area contributed by atoms with Gasteiger partial charge in [-0.2, -0.15) is 10.2 Å². The van der Waals surface area contributed by atoms with Gasteiger partial charge in [0, 0.05) is 35.9 Å². The van der Waals surface area contributed by atoms with E-state index in [0.717, 1.165) is 22.5 Å². The Hall–Kier alpha value is -3.28. The fraction of sp³-hybridized carbons (Fsp3) is 0. The van der Waals surface area contributed by atoms with E-state index >= 15 is 0 Å². The van der Waals surface area contributed by atoms with Gasteiger partial charge in [0.2, 0.25) is 0 Å². The highest BCUT2D eigenvalue weighted by molar-refractivity contribution is 5.61. The molecule has 0 N–H and O–H groups in total. The van der Waals surface area contributed by atoms with Crippen LogP contribution in [0, 0.1) is 0 Å².